The molecule has 2 heterocycles. The number of benzene rings is 2. The Balaban J connectivity index is 2.02. The van der Waals surface area contributed by atoms with Gasteiger partial charge in [-0.25, -0.2) is 9.79 Å². The van der Waals surface area contributed by atoms with E-state index in [4.69, 9.17) is 9.47 Å². The number of hydrogen-bond acceptors (Lipinski definition) is 6. The average molecular weight is 420 g/mol. The number of fused-ring (bicyclic) bond motifs is 1. The van der Waals surface area contributed by atoms with Crippen molar-refractivity contribution in [2.75, 3.05) is 14.2 Å². The van der Waals surface area contributed by atoms with Crippen molar-refractivity contribution in [3.63, 3.8) is 0 Å². The molecule has 1 aliphatic rings. The summed E-state index contributed by atoms with van der Waals surface area (Å²) in [5.74, 6) is 0.0562. The Morgan fingerprint density at radius 3 is 2.50 bits per heavy atom. The second kappa shape index (κ2) is 8.12. The lowest BCUT2D eigenvalue weighted by molar-refractivity contribution is -0.136. The topological polar surface area (TPSA) is 69.9 Å². The van der Waals surface area contributed by atoms with Crippen molar-refractivity contribution < 1.29 is 14.3 Å². The molecule has 0 aliphatic carbocycles. The van der Waals surface area contributed by atoms with Gasteiger partial charge in [-0.15, -0.1) is 0 Å². The molecular formula is C23H20N2O4S. The highest BCUT2D eigenvalue weighted by Crippen LogP contribution is 2.35. The summed E-state index contributed by atoms with van der Waals surface area (Å²) in [6.45, 7) is 1.75. The summed E-state index contributed by atoms with van der Waals surface area (Å²) in [6.07, 6.45) is 1.83. The Hall–Kier alpha value is -3.45. The molecule has 0 saturated carbocycles. The summed E-state index contributed by atoms with van der Waals surface area (Å²) in [6, 6.07) is 16.3. The molecule has 1 unspecified atom stereocenters. The van der Waals surface area contributed by atoms with Crippen molar-refractivity contribution in [2.45, 2.75) is 13.0 Å². The van der Waals surface area contributed by atoms with Crippen LogP contribution in [-0.2, 0) is 9.53 Å². The lowest BCUT2D eigenvalue weighted by atomic mass is 9.95. The number of nitrogens with zero attached hydrogens (tertiary/aromatic N) is 2. The van der Waals surface area contributed by atoms with Gasteiger partial charge in [-0.2, -0.15) is 0 Å². The number of methoxy groups -OCH3 is 2. The fraction of sp³-hybridized carbons (Fsp3) is 0.174. The highest BCUT2D eigenvalue weighted by atomic mass is 32.1. The van der Waals surface area contributed by atoms with Crippen LogP contribution in [0, 0.1) is 0 Å². The maximum atomic E-state index is 13.4. The highest BCUT2D eigenvalue weighted by Gasteiger charge is 2.34. The van der Waals surface area contributed by atoms with Crippen LogP contribution in [0.1, 0.15) is 24.1 Å². The second-order valence-corrected chi connectivity index (χ2v) is 7.74. The van der Waals surface area contributed by atoms with Gasteiger partial charge in [0.1, 0.15) is 11.8 Å². The lowest BCUT2D eigenvalue weighted by Crippen LogP contribution is -2.39. The number of para-hydroxylation sites is 1. The monoisotopic (exact) mass is 420 g/mol. The molecule has 1 aliphatic heterocycles. The molecule has 3 aromatic rings. The summed E-state index contributed by atoms with van der Waals surface area (Å²) in [7, 11) is 2.88. The van der Waals surface area contributed by atoms with Gasteiger partial charge in [-0.3, -0.25) is 9.36 Å². The third-order valence-electron chi connectivity index (χ3n) is 4.96. The molecule has 0 N–H and O–H groups in total. The SMILES string of the molecule is COC(=O)C1=C(C)N=c2s/c(=C\c3ccccc3)c(=O)n2C1c1ccccc1OC. The maximum absolute atomic E-state index is 13.4. The first kappa shape index (κ1) is 19.8. The van der Waals surface area contributed by atoms with Crippen LogP contribution in [0.4, 0.5) is 0 Å². The third kappa shape index (κ3) is 3.37. The van der Waals surface area contributed by atoms with Crippen LogP contribution in [0.25, 0.3) is 6.08 Å². The summed E-state index contributed by atoms with van der Waals surface area (Å²) in [4.78, 5) is 31.2. The minimum Gasteiger partial charge on any atom is -0.496 e. The van der Waals surface area contributed by atoms with Crippen molar-refractivity contribution in [3.8, 4) is 5.75 Å². The molecule has 7 heteroatoms. The fourth-order valence-corrected chi connectivity index (χ4v) is 4.63. The average Bonchev–Trinajstić information content (AvgIpc) is 3.07. The van der Waals surface area contributed by atoms with Gasteiger partial charge in [0.15, 0.2) is 4.80 Å². The molecule has 0 fully saturated rings. The van der Waals surface area contributed by atoms with Crippen LogP contribution < -0.4 is 19.6 Å². The van der Waals surface area contributed by atoms with Crippen molar-refractivity contribution in [2.24, 2.45) is 4.99 Å². The zero-order valence-corrected chi connectivity index (χ0v) is 17.6. The standard InChI is InChI=1S/C23H20N2O4S/c1-14-19(22(27)29-3)20(16-11-7-8-12-17(16)28-2)25-21(26)18(30-23(25)24-14)13-15-9-5-4-6-10-15/h4-13,20H,1-3H3/b18-13-. The number of rotatable bonds is 4. The van der Waals surface area contributed by atoms with E-state index in [1.54, 1.807) is 24.7 Å². The molecular weight excluding hydrogens is 400 g/mol. The summed E-state index contributed by atoms with van der Waals surface area (Å²) in [5, 5.41) is 0. The summed E-state index contributed by atoms with van der Waals surface area (Å²) in [5.41, 5.74) is 2.24. The van der Waals surface area contributed by atoms with E-state index in [2.05, 4.69) is 4.99 Å². The minimum absolute atomic E-state index is 0.215. The zero-order chi connectivity index (χ0) is 21.3. The van der Waals surface area contributed by atoms with E-state index in [0.717, 1.165) is 5.56 Å². The van der Waals surface area contributed by atoms with Gasteiger partial charge in [0.05, 0.1) is 30.0 Å². The van der Waals surface area contributed by atoms with Crippen LogP contribution >= 0.6 is 11.3 Å². The molecule has 0 radical (unpaired) electrons. The first-order chi connectivity index (χ1) is 14.5. The number of allylic oxidation sites excluding steroid dienone is 1. The Labute approximate surface area is 177 Å². The van der Waals surface area contributed by atoms with Crippen LogP contribution in [0.2, 0.25) is 0 Å². The number of ether oxygens (including phenoxy) is 2. The van der Waals surface area contributed by atoms with Gasteiger partial charge >= 0.3 is 5.97 Å². The van der Waals surface area contributed by atoms with Crippen molar-refractivity contribution in [3.05, 3.63) is 96.7 Å². The fourth-order valence-electron chi connectivity index (χ4n) is 3.58. The first-order valence-electron chi connectivity index (χ1n) is 9.34. The van der Waals surface area contributed by atoms with Gasteiger partial charge in [-0.05, 0) is 24.6 Å². The molecule has 1 atom stereocenters. The van der Waals surface area contributed by atoms with E-state index in [9.17, 15) is 9.59 Å². The van der Waals surface area contributed by atoms with Crippen LogP contribution in [0.15, 0.2) is 75.7 Å². The van der Waals surface area contributed by atoms with Gasteiger partial charge in [0.25, 0.3) is 5.56 Å². The Morgan fingerprint density at radius 1 is 1.10 bits per heavy atom. The predicted octanol–water partition coefficient (Wildman–Crippen LogP) is 2.42. The molecule has 0 spiro atoms. The summed E-state index contributed by atoms with van der Waals surface area (Å²) < 4.78 is 12.6. The third-order valence-corrected chi connectivity index (χ3v) is 5.94. The molecule has 0 saturated heterocycles. The number of aromatic nitrogens is 1. The van der Waals surface area contributed by atoms with E-state index in [-0.39, 0.29) is 5.56 Å². The molecule has 6 nitrogen and oxygen atoms in total. The zero-order valence-electron chi connectivity index (χ0n) is 16.8. The first-order valence-corrected chi connectivity index (χ1v) is 10.2. The van der Waals surface area contributed by atoms with Gasteiger partial charge in [0, 0.05) is 5.56 Å². The van der Waals surface area contributed by atoms with Crippen LogP contribution in [0.3, 0.4) is 0 Å². The number of thiazole rings is 1. The van der Waals surface area contributed by atoms with Crippen molar-refractivity contribution in [1.82, 2.24) is 4.57 Å². The van der Waals surface area contributed by atoms with E-state index < -0.39 is 12.0 Å². The molecule has 2 aromatic carbocycles. The smallest absolute Gasteiger partial charge is 0.338 e. The maximum Gasteiger partial charge on any atom is 0.338 e. The van der Waals surface area contributed by atoms with E-state index >= 15 is 0 Å². The molecule has 4 rings (SSSR count). The Bertz CT molecular complexity index is 1320. The van der Waals surface area contributed by atoms with Gasteiger partial charge < -0.3 is 9.47 Å². The number of carbonyl (C=O) groups is 1. The quantitative estimate of drug-likeness (QED) is 0.608. The van der Waals surface area contributed by atoms with E-state index in [0.29, 0.717) is 31.9 Å². The van der Waals surface area contributed by atoms with Gasteiger partial charge in [-0.1, -0.05) is 59.9 Å². The molecule has 30 heavy (non-hydrogen) atoms. The molecule has 0 bridgehead atoms. The second-order valence-electron chi connectivity index (χ2n) is 6.73. The van der Waals surface area contributed by atoms with Crippen molar-refractivity contribution >= 4 is 23.4 Å². The van der Waals surface area contributed by atoms with Crippen LogP contribution in [0.5, 0.6) is 5.75 Å². The van der Waals surface area contributed by atoms with Gasteiger partial charge in [0.2, 0.25) is 0 Å². The largest absolute Gasteiger partial charge is 0.496 e. The summed E-state index contributed by atoms with van der Waals surface area (Å²) >= 11 is 1.29. The Morgan fingerprint density at radius 2 is 1.80 bits per heavy atom. The minimum atomic E-state index is -0.692. The van der Waals surface area contributed by atoms with E-state index in [1.807, 2.05) is 54.6 Å². The number of carbonyl (C=O) groups excluding carboxylic acids is 1. The highest BCUT2D eigenvalue weighted by molar-refractivity contribution is 7.07. The van der Waals surface area contributed by atoms with Crippen molar-refractivity contribution in [1.29, 1.82) is 0 Å². The van der Waals surface area contributed by atoms with E-state index in [1.165, 1.54) is 18.4 Å². The lowest BCUT2D eigenvalue weighted by Gasteiger charge is -2.25. The number of hydrogen-bond donors (Lipinski definition) is 0. The Kier molecular flexibility index (Phi) is 5.37. The number of esters is 1. The predicted molar refractivity (Wildman–Crippen MR) is 115 cm³/mol. The molecule has 0 amide bonds. The van der Waals surface area contributed by atoms with Crippen LogP contribution in [-0.4, -0.2) is 24.8 Å². The molecule has 1 aromatic heterocycles. The normalized spacial score (nSPS) is 16.1. The molecule has 152 valence electrons.